The maximum atomic E-state index is 12.6. The number of carbonyl (C=O) groups is 1. The van der Waals surface area contributed by atoms with E-state index in [0.29, 0.717) is 0 Å². The van der Waals surface area contributed by atoms with Crippen molar-refractivity contribution in [1.29, 1.82) is 0 Å². The van der Waals surface area contributed by atoms with Gasteiger partial charge in [-0.1, -0.05) is 42.0 Å². The number of rotatable bonds is 5. The Kier molecular flexibility index (Phi) is 5.53. The van der Waals surface area contributed by atoms with Gasteiger partial charge in [-0.05, 0) is 56.1 Å². The number of hydrogen-bond acceptors (Lipinski definition) is 3. The predicted octanol–water partition coefficient (Wildman–Crippen LogP) is 4.24. The average molecular weight is 374 g/mol. The zero-order valence-corrected chi connectivity index (χ0v) is 16.2. The number of aromatic amines is 1. The minimum Gasteiger partial charge on any atom is -0.347 e. The number of hydrogen-bond donors (Lipinski definition) is 2. The Hall–Kier alpha value is -2.92. The van der Waals surface area contributed by atoms with Crippen LogP contribution in [0.2, 0.25) is 0 Å². The zero-order chi connectivity index (χ0) is 19.3. The van der Waals surface area contributed by atoms with E-state index in [1.54, 1.807) is 6.33 Å². The molecular weight excluding hydrogens is 348 g/mol. The lowest BCUT2D eigenvalue weighted by Gasteiger charge is -2.30. The van der Waals surface area contributed by atoms with E-state index < -0.39 is 0 Å². The van der Waals surface area contributed by atoms with E-state index >= 15 is 0 Å². The van der Waals surface area contributed by atoms with E-state index in [1.165, 1.54) is 11.1 Å². The lowest BCUT2D eigenvalue weighted by molar-refractivity contribution is -0.121. The maximum absolute atomic E-state index is 12.6. The van der Waals surface area contributed by atoms with Gasteiger partial charge in [-0.25, -0.2) is 4.98 Å². The SMILES string of the molecule is Cc1cccc(-c2ccc(NC(=O)C3CCN(Cc4cnc[nH]4)CC3)cc2)c1. The third-order valence-electron chi connectivity index (χ3n) is 5.41. The van der Waals surface area contributed by atoms with Crippen LogP contribution in [0, 0.1) is 12.8 Å². The summed E-state index contributed by atoms with van der Waals surface area (Å²) in [7, 11) is 0. The van der Waals surface area contributed by atoms with Gasteiger partial charge in [0, 0.05) is 30.0 Å². The summed E-state index contributed by atoms with van der Waals surface area (Å²) in [5.74, 6) is 0.207. The molecule has 5 heteroatoms. The molecule has 3 aromatic rings. The first-order valence-corrected chi connectivity index (χ1v) is 9.85. The van der Waals surface area contributed by atoms with Gasteiger partial charge >= 0.3 is 0 Å². The number of aryl methyl sites for hydroxylation is 1. The molecule has 0 saturated carbocycles. The van der Waals surface area contributed by atoms with Crippen molar-refractivity contribution in [2.24, 2.45) is 5.92 Å². The Morgan fingerprint density at radius 1 is 1.14 bits per heavy atom. The van der Waals surface area contributed by atoms with Crippen LogP contribution in [0.15, 0.2) is 61.1 Å². The fraction of sp³-hybridized carbons (Fsp3) is 0.304. The summed E-state index contributed by atoms with van der Waals surface area (Å²) in [6.45, 7) is 4.83. The van der Waals surface area contributed by atoms with Crippen LogP contribution in [0.5, 0.6) is 0 Å². The number of likely N-dealkylation sites (tertiary alicyclic amines) is 1. The van der Waals surface area contributed by atoms with Gasteiger partial charge in [0.2, 0.25) is 5.91 Å². The molecule has 4 rings (SSSR count). The second-order valence-electron chi connectivity index (χ2n) is 7.56. The van der Waals surface area contributed by atoms with E-state index in [0.717, 1.165) is 49.4 Å². The molecule has 1 saturated heterocycles. The van der Waals surface area contributed by atoms with Crippen LogP contribution in [0.4, 0.5) is 5.69 Å². The molecule has 2 N–H and O–H groups in total. The molecule has 0 radical (unpaired) electrons. The molecule has 28 heavy (non-hydrogen) atoms. The Morgan fingerprint density at radius 3 is 2.61 bits per heavy atom. The topological polar surface area (TPSA) is 61.0 Å². The quantitative estimate of drug-likeness (QED) is 0.702. The molecule has 0 atom stereocenters. The lowest BCUT2D eigenvalue weighted by Crippen LogP contribution is -2.37. The number of H-pyrrole nitrogens is 1. The molecule has 1 aliphatic heterocycles. The van der Waals surface area contributed by atoms with Crippen LogP contribution in [-0.4, -0.2) is 33.9 Å². The summed E-state index contributed by atoms with van der Waals surface area (Å²) in [6, 6.07) is 16.6. The third kappa shape index (κ3) is 4.49. The highest BCUT2D eigenvalue weighted by molar-refractivity contribution is 5.92. The monoisotopic (exact) mass is 374 g/mol. The Balaban J connectivity index is 1.30. The van der Waals surface area contributed by atoms with Gasteiger partial charge in [-0.3, -0.25) is 9.69 Å². The molecule has 1 aliphatic rings. The summed E-state index contributed by atoms with van der Waals surface area (Å²) in [5, 5.41) is 3.09. The molecule has 0 bridgehead atoms. The van der Waals surface area contributed by atoms with Crippen LogP contribution in [-0.2, 0) is 11.3 Å². The largest absolute Gasteiger partial charge is 0.347 e. The van der Waals surface area contributed by atoms with Crippen LogP contribution in [0.1, 0.15) is 24.1 Å². The molecule has 2 aromatic carbocycles. The highest BCUT2D eigenvalue weighted by atomic mass is 16.1. The van der Waals surface area contributed by atoms with Gasteiger partial charge < -0.3 is 10.3 Å². The standard InChI is InChI=1S/C23H26N4O/c1-17-3-2-4-20(13-17)18-5-7-21(8-6-18)26-23(28)19-9-11-27(12-10-19)15-22-14-24-16-25-22/h2-8,13-14,16,19H,9-12,15H2,1H3,(H,24,25)(H,26,28). The van der Waals surface area contributed by atoms with E-state index in [2.05, 4.69) is 63.5 Å². The number of benzene rings is 2. The van der Waals surface area contributed by atoms with Crippen molar-refractivity contribution in [3.63, 3.8) is 0 Å². The van der Waals surface area contributed by atoms with Gasteiger partial charge in [0.05, 0.1) is 6.33 Å². The second-order valence-corrected chi connectivity index (χ2v) is 7.56. The van der Waals surface area contributed by atoms with Crippen LogP contribution < -0.4 is 5.32 Å². The molecule has 0 unspecified atom stereocenters. The van der Waals surface area contributed by atoms with Crippen molar-refractivity contribution in [1.82, 2.24) is 14.9 Å². The molecule has 1 aromatic heterocycles. The van der Waals surface area contributed by atoms with Crippen LogP contribution in [0.3, 0.4) is 0 Å². The molecule has 1 fully saturated rings. The van der Waals surface area contributed by atoms with Crippen molar-refractivity contribution in [2.75, 3.05) is 18.4 Å². The molecule has 144 valence electrons. The highest BCUT2D eigenvalue weighted by Gasteiger charge is 2.25. The van der Waals surface area contributed by atoms with Crippen molar-refractivity contribution in [3.8, 4) is 11.1 Å². The summed E-state index contributed by atoms with van der Waals surface area (Å²) < 4.78 is 0. The minimum absolute atomic E-state index is 0.0782. The van der Waals surface area contributed by atoms with Crippen molar-refractivity contribution in [2.45, 2.75) is 26.3 Å². The summed E-state index contributed by atoms with van der Waals surface area (Å²) in [4.78, 5) is 22.2. The van der Waals surface area contributed by atoms with Crippen LogP contribution in [0.25, 0.3) is 11.1 Å². The fourth-order valence-corrected chi connectivity index (χ4v) is 3.78. The smallest absolute Gasteiger partial charge is 0.227 e. The van der Waals surface area contributed by atoms with Crippen molar-refractivity contribution < 1.29 is 4.79 Å². The first-order valence-electron chi connectivity index (χ1n) is 9.85. The van der Waals surface area contributed by atoms with Crippen molar-refractivity contribution >= 4 is 11.6 Å². The van der Waals surface area contributed by atoms with Gasteiger partial charge in [0.15, 0.2) is 0 Å². The molecule has 0 aliphatic carbocycles. The summed E-state index contributed by atoms with van der Waals surface area (Å²) in [5.41, 5.74) is 5.59. The van der Waals surface area contributed by atoms with Crippen LogP contribution >= 0.6 is 0 Å². The predicted molar refractivity (Wildman–Crippen MR) is 112 cm³/mol. The number of imidazole rings is 1. The number of carbonyl (C=O) groups excluding carboxylic acids is 1. The maximum Gasteiger partial charge on any atom is 0.227 e. The normalized spacial score (nSPS) is 15.5. The van der Waals surface area contributed by atoms with Crippen molar-refractivity contribution in [3.05, 3.63) is 72.3 Å². The average Bonchev–Trinajstić information content (AvgIpc) is 3.22. The van der Waals surface area contributed by atoms with E-state index in [1.807, 2.05) is 18.3 Å². The number of nitrogens with one attached hydrogen (secondary N) is 2. The first-order chi connectivity index (χ1) is 13.7. The highest BCUT2D eigenvalue weighted by Crippen LogP contribution is 2.24. The minimum atomic E-state index is 0.0782. The molecule has 5 nitrogen and oxygen atoms in total. The Bertz CT molecular complexity index is 910. The number of amides is 1. The first kappa shape index (κ1) is 18.4. The lowest BCUT2D eigenvalue weighted by atomic mass is 9.95. The molecule has 0 spiro atoms. The van der Waals surface area contributed by atoms with E-state index in [4.69, 9.17) is 0 Å². The van der Waals surface area contributed by atoms with E-state index in [9.17, 15) is 4.79 Å². The Morgan fingerprint density at radius 2 is 1.93 bits per heavy atom. The third-order valence-corrected chi connectivity index (χ3v) is 5.41. The number of anilines is 1. The van der Waals surface area contributed by atoms with Gasteiger partial charge in [0.1, 0.15) is 0 Å². The number of nitrogens with zero attached hydrogens (tertiary/aromatic N) is 2. The summed E-state index contributed by atoms with van der Waals surface area (Å²) in [6.07, 6.45) is 5.35. The molecule has 2 heterocycles. The molecule has 1 amide bonds. The second kappa shape index (κ2) is 8.40. The molecular formula is C23H26N4O. The Labute approximate surface area is 165 Å². The van der Waals surface area contributed by atoms with Gasteiger partial charge in [-0.15, -0.1) is 0 Å². The number of aromatic nitrogens is 2. The van der Waals surface area contributed by atoms with Gasteiger partial charge in [-0.2, -0.15) is 0 Å². The van der Waals surface area contributed by atoms with Gasteiger partial charge in [0.25, 0.3) is 0 Å². The fourth-order valence-electron chi connectivity index (χ4n) is 3.78. The zero-order valence-electron chi connectivity index (χ0n) is 16.2. The number of piperidine rings is 1. The van der Waals surface area contributed by atoms with E-state index in [-0.39, 0.29) is 11.8 Å². The summed E-state index contributed by atoms with van der Waals surface area (Å²) >= 11 is 0.